The first-order chi connectivity index (χ1) is 11.9. The number of hydrogen-bond donors (Lipinski definition) is 2. The monoisotopic (exact) mass is 363 g/mol. The Bertz CT molecular complexity index is 762. The van der Waals surface area contributed by atoms with Crippen LogP contribution in [0.4, 0.5) is 0 Å². The van der Waals surface area contributed by atoms with Crippen molar-refractivity contribution in [1.82, 2.24) is 15.1 Å². The van der Waals surface area contributed by atoms with E-state index in [0.29, 0.717) is 30.3 Å². The van der Waals surface area contributed by atoms with Crippen LogP contribution < -0.4 is 4.74 Å². The van der Waals surface area contributed by atoms with Gasteiger partial charge in [0.2, 0.25) is 0 Å². The molecule has 1 fully saturated rings. The Kier molecular flexibility index (Phi) is 5.30. The molecular formula is C18H22ClN3O3. The molecule has 2 N–H and O–H groups in total. The number of rotatable bonds is 5. The summed E-state index contributed by atoms with van der Waals surface area (Å²) >= 11 is 5.92. The van der Waals surface area contributed by atoms with Crippen LogP contribution in [-0.4, -0.2) is 51.9 Å². The summed E-state index contributed by atoms with van der Waals surface area (Å²) in [6, 6.07) is 7.24. The third kappa shape index (κ3) is 4.32. The lowest BCUT2D eigenvalue weighted by Gasteiger charge is -2.17. The number of aryl methyl sites for hydroxylation is 2. The van der Waals surface area contributed by atoms with Crippen LogP contribution in [0.1, 0.15) is 17.0 Å². The minimum atomic E-state index is -0.543. The van der Waals surface area contributed by atoms with E-state index in [-0.39, 0.29) is 18.4 Å². The highest BCUT2D eigenvalue weighted by Crippen LogP contribution is 2.23. The van der Waals surface area contributed by atoms with Crippen LogP contribution in [0.5, 0.6) is 5.75 Å². The van der Waals surface area contributed by atoms with Gasteiger partial charge in [0, 0.05) is 29.7 Å². The molecule has 1 saturated heterocycles. The zero-order chi connectivity index (χ0) is 18.0. The number of carbonyl (C=O) groups excluding carboxylic acids is 1. The van der Waals surface area contributed by atoms with Gasteiger partial charge < -0.3 is 14.7 Å². The molecule has 0 spiro atoms. The van der Waals surface area contributed by atoms with Crippen molar-refractivity contribution in [2.24, 2.45) is 5.92 Å². The number of nitrogens with zero attached hydrogens (tertiary/aromatic N) is 2. The van der Waals surface area contributed by atoms with Crippen molar-refractivity contribution in [3.8, 4) is 5.75 Å². The van der Waals surface area contributed by atoms with Crippen molar-refractivity contribution < 1.29 is 14.6 Å². The molecule has 0 aliphatic carbocycles. The molecule has 134 valence electrons. The van der Waals surface area contributed by atoms with Crippen molar-refractivity contribution in [3.63, 3.8) is 0 Å². The van der Waals surface area contributed by atoms with E-state index in [1.165, 1.54) is 0 Å². The summed E-state index contributed by atoms with van der Waals surface area (Å²) in [6.07, 6.45) is 0.102. The summed E-state index contributed by atoms with van der Waals surface area (Å²) in [6.45, 7) is 4.61. The van der Waals surface area contributed by atoms with Gasteiger partial charge in [-0.05, 0) is 50.1 Å². The fourth-order valence-corrected chi connectivity index (χ4v) is 3.34. The predicted octanol–water partition coefficient (Wildman–Crippen LogP) is 2.12. The quantitative estimate of drug-likeness (QED) is 0.853. The number of nitrogens with one attached hydrogen (secondary N) is 1. The van der Waals surface area contributed by atoms with Gasteiger partial charge in [0.25, 0.3) is 5.91 Å². The molecule has 0 radical (unpaired) electrons. The van der Waals surface area contributed by atoms with Gasteiger partial charge in [0.1, 0.15) is 5.75 Å². The minimum Gasteiger partial charge on any atom is -0.483 e. The summed E-state index contributed by atoms with van der Waals surface area (Å²) in [5.41, 5.74) is 2.78. The number of aromatic amines is 1. The standard InChI is InChI=1S/C18H22ClN3O3/c1-11-5-14(19)3-4-17(11)25-10-18(24)22-8-13(16(23)9-22)7-15-6-12(2)20-21-15/h3-6,13,16,23H,7-10H2,1-2H3,(H,20,21)/t13-,16-/m1/s1. The van der Waals surface area contributed by atoms with E-state index in [2.05, 4.69) is 10.2 Å². The van der Waals surface area contributed by atoms with Crippen LogP contribution in [0.3, 0.4) is 0 Å². The molecule has 1 aliphatic rings. The first-order valence-corrected chi connectivity index (χ1v) is 8.66. The highest BCUT2D eigenvalue weighted by atomic mass is 35.5. The van der Waals surface area contributed by atoms with Crippen molar-refractivity contribution >= 4 is 17.5 Å². The van der Waals surface area contributed by atoms with E-state index in [9.17, 15) is 9.90 Å². The molecular weight excluding hydrogens is 342 g/mol. The van der Waals surface area contributed by atoms with Crippen molar-refractivity contribution in [2.45, 2.75) is 26.4 Å². The van der Waals surface area contributed by atoms with Gasteiger partial charge in [-0.25, -0.2) is 0 Å². The lowest BCUT2D eigenvalue weighted by molar-refractivity contribution is -0.132. The van der Waals surface area contributed by atoms with Crippen LogP contribution >= 0.6 is 11.6 Å². The molecule has 2 atom stereocenters. The van der Waals surface area contributed by atoms with Crippen LogP contribution in [-0.2, 0) is 11.2 Å². The number of β-amino-alcohol motifs (C(OH)–C–C–N with tert-alkyl or cyclic N) is 1. The van der Waals surface area contributed by atoms with Gasteiger partial charge in [-0.1, -0.05) is 11.6 Å². The Labute approximate surface area is 151 Å². The largest absolute Gasteiger partial charge is 0.483 e. The van der Waals surface area contributed by atoms with Crippen LogP contribution in [0.2, 0.25) is 5.02 Å². The van der Waals surface area contributed by atoms with Crippen LogP contribution in [0.25, 0.3) is 0 Å². The van der Waals surface area contributed by atoms with Crippen LogP contribution in [0, 0.1) is 19.8 Å². The maximum atomic E-state index is 12.4. The Balaban J connectivity index is 1.54. The molecule has 3 rings (SSSR count). The summed E-state index contributed by atoms with van der Waals surface area (Å²) in [5.74, 6) is 0.499. The average molecular weight is 364 g/mol. The fourth-order valence-electron chi connectivity index (χ4n) is 3.11. The highest BCUT2D eigenvalue weighted by molar-refractivity contribution is 6.30. The molecule has 25 heavy (non-hydrogen) atoms. The number of H-pyrrole nitrogens is 1. The number of halogens is 1. The molecule has 0 bridgehead atoms. The second-order valence-electron chi connectivity index (χ2n) is 6.57. The second kappa shape index (κ2) is 7.45. The number of ether oxygens (including phenoxy) is 1. The first-order valence-electron chi connectivity index (χ1n) is 8.28. The third-order valence-electron chi connectivity index (χ3n) is 4.48. The van der Waals surface area contributed by atoms with Crippen molar-refractivity contribution in [1.29, 1.82) is 0 Å². The van der Waals surface area contributed by atoms with E-state index in [4.69, 9.17) is 16.3 Å². The van der Waals surface area contributed by atoms with Gasteiger partial charge in [-0.2, -0.15) is 5.10 Å². The second-order valence-corrected chi connectivity index (χ2v) is 7.01. The molecule has 1 amide bonds. The smallest absolute Gasteiger partial charge is 0.260 e. The first kappa shape index (κ1) is 17.8. The molecule has 0 unspecified atom stereocenters. The zero-order valence-corrected chi connectivity index (χ0v) is 15.1. The Morgan fingerprint density at radius 3 is 2.88 bits per heavy atom. The zero-order valence-electron chi connectivity index (χ0n) is 14.3. The number of aliphatic hydroxyl groups excluding tert-OH is 1. The summed E-state index contributed by atoms with van der Waals surface area (Å²) in [5, 5.41) is 18.0. The molecule has 0 saturated carbocycles. The minimum absolute atomic E-state index is 0.0103. The molecule has 7 heteroatoms. The van der Waals surface area contributed by atoms with Crippen molar-refractivity contribution in [3.05, 3.63) is 46.2 Å². The summed E-state index contributed by atoms with van der Waals surface area (Å²) < 4.78 is 5.61. The van der Waals surface area contributed by atoms with Gasteiger partial charge in [-0.15, -0.1) is 0 Å². The number of likely N-dealkylation sites (tertiary alicyclic amines) is 1. The Morgan fingerprint density at radius 2 is 2.20 bits per heavy atom. The van der Waals surface area contributed by atoms with Gasteiger partial charge >= 0.3 is 0 Å². The van der Waals surface area contributed by atoms with E-state index < -0.39 is 6.10 Å². The van der Waals surface area contributed by atoms with E-state index >= 15 is 0 Å². The Hall–Kier alpha value is -2.05. The maximum absolute atomic E-state index is 12.4. The van der Waals surface area contributed by atoms with Crippen LogP contribution in [0.15, 0.2) is 24.3 Å². The number of carbonyl (C=O) groups is 1. The normalized spacial score (nSPS) is 20.1. The summed E-state index contributed by atoms with van der Waals surface area (Å²) in [7, 11) is 0. The molecule has 2 aromatic rings. The molecule has 1 aliphatic heterocycles. The lowest BCUT2D eigenvalue weighted by atomic mass is 10.0. The van der Waals surface area contributed by atoms with E-state index in [1.807, 2.05) is 19.9 Å². The molecule has 1 aromatic heterocycles. The van der Waals surface area contributed by atoms with Crippen molar-refractivity contribution in [2.75, 3.05) is 19.7 Å². The number of hydrogen-bond acceptors (Lipinski definition) is 4. The van der Waals surface area contributed by atoms with Gasteiger partial charge in [0.15, 0.2) is 6.61 Å². The Morgan fingerprint density at radius 1 is 1.40 bits per heavy atom. The van der Waals surface area contributed by atoms with Gasteiger partial charge in [-0.3, -0.25) is 9.89 Å². The lowest BCUT2D eigenvalue weighted by Crippen LogP contribution is -2.33. The number of aliphatic hydroxyl groups is 1. The SMILES string of the molecule is Cc1cc(C[C@@H]2CN(C(=O)COc3ccc(Cl)cc3C)C[C@H]2O)n[nH]1. The number of amides is 1. The van der Waals surface area contributed by atoms with Gasteiger partial charge in [0.05, 0.1) is 11.8 Å². The number of aromatic nitrogens is 2. The van der Waals surface area contributed by atoms with E-state index in [1.54, 1.807) is 23.1 Å². The third-order valence-corrected chi connectivity index (χ3v) is 4.71. The highest BCUT2D eigenvalue weighted by Gasteiger charge is 2.34. The number of benzene rings is 1. The molecule has 2 heterocycles. The molecule has 1 aromatic carbocycles. The fraction of sp³-hybridized carbons (Fsp3) is 0.444. The van der Waals surface area contributed by atoms with E-state index in [0.717, 1.165) is 17.0 Å². The maximum Gasteiger partial charge on any atom is 0.260 e. The predicted molar refractivity (Wildman–Crippen MR) is 94.8 cm³/mol. The summed E-state index contributed by atoms with van der Waals surface area (Å²) in [4.78, 5) is 14.0. The molecule has 6 nitrogen and oxygen atoms in total. The average Bonchev–Trinajstić information content (AvgIpc) is 3.13. The topological polar surface area (TPSA) is 78.5 Å².